The maximum atomic E-state index is 10.9. The molecule has 1 aliphatic rings. The first-order valence-electron chi connectivity index (χ1n) is 4.25. The molecule has 0 bridgehead atoms. The lowest BCUT2D eigenvalue weighted by Crippen LogP contribution is -2.51. The number of aliphatic carboxylic acids is 1. The second-order valence-corrected chi connectivity index (χ2v) is 4.25. The van der Waals surface area contributed by atoms with Crippen molar-refractivity contribution in [2.75, 3.05) is 7.05 Å². The fourth-order valence-corrected chi connectivity index (χ4v) is 1.42. The van der Waals surface area contributed by atoms with Gasteiger partial charge in [0.2, 0.25) is 6.17 Å². The van der Waals surface area contributed by atoms with E-state index in [0.29, 0.717) is 0 Å². The molecule has 0 saturated heterocycles. The predicted molar refractivity (Wildman–Crippen MR) is 49.9 cm³/mol. The number of likely N-dealkylation sites (N-methyl/N-ethyl adjacent to an activating group) is 1. The lowest BCUT2D eigenvalue weighted by Gasteiger charge is -2.37. The minimum Gasteiger partial charge on any atom is -0.478 e. The van der Waals surface area contributed by atoms with Crippen LogP contribution in [-0.4, -0.2) is 39.6 Å². The second kappa shape index (κ2) is 2.94. The molecule has 1 aliphatic heterocycles. The Morgan fingerprint density at radius 3 is 2.23 bits per heavy atom. The van der Waals surface area contributed by atoms with E-state index in [0.717, 1.165) is 0 Å². The molecule has 1 heterocycles. The van der Waals surface area contributed by atoms with Gasteiger partial charge in [0.15, 0.2) is 0 Å². The van der Waals surface area contributed by atoms with Crippen molar-refractivity contribution in [3.8, 4) is 0 Å². The SMILES string of the molecule is CN1C=CN(C(C)(C)C)C1C(=O)O. The van der Waals surface area contributed by atoms with Crippen LogP contribution in [0.5, 0.6) is 0 Å². The van der Waals surface area contributed by atoms with Gasteiger partial charge >= 0.3 is 5.97 Å². The molecule has 1 atom stereocenters. The van der Waals surface area contributed by atoms with Crippen LogP contribution < -0.4 is 0 Å². The Kier molecular flexibility index (Phi) is 2.24. The van der Waals surface area contributed by atoms with Gasteiger partial charge in [0.25, 0.3) is 0 Å². The van der Waals surface area contributed by atoms with Crippen molar-refractivity contribution in [1.29, 1.82) is 0 Å². The summed E-state index contributed by atoms with van der Waals surface area (Å²) in [5.74, 6) is -0.817. The van der Waals surface area contributed by atoms with Crippen molar-refractivity contribution < 1.29 is 9.90 Å². The monoisotopic (exact) mass is 184 g/mol. The van der Waals surface area contributed by atoms with Gasteiger partial charge in [0, 0.05) is 25.0 Å². The molecule has 0 fully saturated rings. The smallest absolute Gasteiger partial charge is 0.347 e. The Bertz CT molecular complexity index is 242. The fourth-order valence-electron chi connectivity index (χ4n) is 1.42. The number of carboxylic acid groups (broad SMARTS) is 1. The van der Waals surface area contributed by atoms with E-state index in [9.17, 15) is 4.79 Å². The van der Waals surface area contributed by atoms with Gasteiger partial charge in [-0.05, 0) is 20.8 Å². The van der Waals surface area contributed by atoms with Crippen molar-refractivity contribution >= 4 is 5.97 Å². The molecule has 0 aliphatic carbocycles. The van der Waals surface area contributed by atoms with Gasteiger partial charge in [-0.1, -0.05) is 0 Å². The lowest BCUT2D eigenvalue weighted by atomic mass is 10.1. The van der Waals surface area contributed by atoms with Crippen LogP contribution in [0.3, 0.4) is 0 Å². The number of carbonyl (C=O) groups is 1. The van der Waals surface area contributed by atoms with Crippen molar-refractivity contribution in [1.82, 2.24) is 9.80 Å². The van der Waals surface area contributed by atoms with E-state index in [1.165, 1.54) is 0 Å². The van der Waals surface area contributed by atoms with E-state index in [1.807, 2.05) is 31.9 Å². The summed E-state index contributed by atoms with van der Waals surface area (Å²) >= 11 is 0. The molecule has 0 saturated carbocycles. The number of hydrogen-bond donors (Lipinski definition) is 1. The summed E-state index contributed by atoms with van der Waals surface area (Å²) in [5, 5.41) is 8.99. The van der Waals surface area contributed by atoms with E-state index in [1.54, 1.807) is 18.1 Å². The zero-order valence-corrected chi connectivity index (χ0v) is 8.48. The van der Waals surface area contributed by atoms with Crippen molar-refractivity contribution in [3.05, 3.63) is 12.4 Å². The first kappa shape index (κ1) is 9.89. The van der Waals surface area contributed by atoms with Gasteiger partial charge in [-0.2, -0.15) is 0 Å². The molecular formula is C9H16N2O2. The average molecular weight is 184 g/mol. The molecular weight excluding hydrogens is 168 g/mol. The summed E-state index contributed by atoms with van der Waals surface area (Å²) in [6, 6.07) is 0. The number of carboxylic acids is 1. The molecule has 0 amide bonds. The van der Waals surface area contributed by atoms with Crippen LogP contribution in [0.1, 0.15) is 20.8 Å². The molecule has 0 spiro atoms. The van der Waals surface area contributed by atoms with Crippen LogP contribution in [0, 0.1) is 0 Å². The van der Waals surface area contributed by atoms with Crippen LogP contribution >= 0.6 is 0 Å². The standard InChI is InChI=1S/C9H16N2O2/c1-9(2,3)11-6-5-10(4)7(11)8(12)13/h5-7H,1-4H3,(H,12,13). The Morgan fingerprint density at radius 1 is 1.38 bits per heavy atom. The molecule has 74 valence electrons. The Labute approximate surface area is 78.4 Å². The highest BCUT2D eigenvalue weighted by atomic mass is 16.4. The maximum Gasteiger partial charge on any atom is 0.347 e. The lowest BCUT2D eigenvalue weighted by molar-refractivity contribution is -0.148. The second-order valence-electron chi connectivity index (χ2n) is 4.25. The number of rotatable bonds is 1. The Hall–Kier alpha value is -1.19. The highest BCUT2D eigenvalue weighted by molar-refractivity contribution is 5.74. The third-order valence-electron chi connectivity index (χ3n) is 2.11. The highest BCUT2D eigenvalue weighted by Gasteiger charge is 2.36. The fraction of sp³-hybridized carbons (Fsp3) is 0.667. The van der Waals surface area contributed by atoms with E-state index in [-0.39, 0.29) is 5.54 Å². The van der Waals surface area contributed by atoms with E-state index in [4.69, 9.17) is 5.11 Å². The van der Waals surface area contributed by atoms with E-state index >= 15 is 0 Å². The Balaban J connectivity index is 2.88. The maximum absolute atomic E-state index is 10.9. The molecule has 0 radical (unpaired) electrons. The normalized spacial score (nSPS) is 22.6. The largest absolute Gasteiger partial charge is 0.478 e. The molecule has 1 rings (SSSR count). The summed E-state index contributed by atoms with van der Waals surface area (Å²) in [6.45, 7) is 5.98. The molecule has 0 aromatic rings. The third-order valence-corrected chi connectivity index (χ3v) is 2.11. The van der Waals surface area contributed by atoms with Crippen molar-refractivity contribution in [3.63, 3.8) is 0 Å². The zero-order valence-electron chi connectivity index (χ0n) is 8.48. The summed E-state index contributed by atoms with van der Waals surface area (Å²) in [5.41, 5.74) is -0.162. The molecule has 1 unspecified atom stereocenters. The molecule has 0 aromatic heterocycles. The minimum atomic E-state index is -0.817. The van der Waals surface area contributed by atoms with Gasteiger partial charge in [0.1, 0.15) is 0 Å². The summed E-state index contributed by atoms with van der Waals surface area (Å²) in [4.78, 5) is 14.5. The summed E-state index contributed by atoms with van der Waals surface area (Å²) < 4.78 is 0. The van der Waals surface area contributed by atoms with Crippen LogP contribution in [0.25, 0.3) is 0 Å². The Morgan fingerprint density at radius 2 is 1.92 bits per heavy atom. The topological polar surface area (TPSA) is 43.8 Å². The van der Waals surface area contributed by atoms with Crippen LogP contribution in [-0.2, 0) is 4.79 Å². The first-order chi connectivity index (χ1) is 5.84. The van der Waals surface area contributed by atoms with Crippen LogP contribution in [0.15, 0.2) is 12.4 Å². The number of hydrogen-bond acceptors (Lipinski definition) is 3. The van der Waals surface area contributed by atoms with Crippen LogP contribution in [0.2, 0.25) is 0 Å². The molecule has 4 nitrogen and oxygen atoms in total. The molecule has 13 heavy (non-hydrogen) atoms. The zero-order chi connectivity index (χ0) is 10.2. The molecule has 1 N–H and O–H groups in total. The van der Waals surface area contributed by atoms with Gasteiger partial charge < -0.3 is 14.9 Å². The van der Waals surface area contributed by atoms with Crippen molar-refractivity contribution in [2.24, 2.45) is 0 Å². The summed E-state index contributed by atoms with van der Waals surface area (Å²) in [7, 11) is 1.76. The average Bonchev–Trinajstić information content (AvgIpc) is 2.28. The highest BCUT2D eigenvalue weighted by Crippen LogP contribution is 2.24. The molecule has 0 aromatic carbocycles. The van der Waals surface area contributed by atoms with E-state index < -0.39 is 12.1 Å². The van der Waals surface area contributed by atoms with Crippen LogP contribution in [0.4, 0.5) is 0 Å². The van der Waals surface area contributed by atoms with E-state index in [2.05, 4.69) is 0 Å². The number of nitrogens with zero attached hydrogens (tertiary/aromatic N) is 2. The third kappa shape index (κ3) is 1.76. The van der Waals surface area contributed by atoms with Gasteiger partial charge in [-0.15, -0.1) is 0 Å². The van der Waals surface area contributed by atoms with Crippen molar-refractivity contribution in [2.45, 2.75) is 32.5 Å². The van der Waals surface area contributed by atoms with Gasteiger partial charge in [-0.3, -0.25) is 0 Å². The minimum absolute atomic E-state index is 0.162. The van der Waals surface area contributed by atoms with Gasteiger partial charge in [-0.25, -0.2) is 4.79 Å². The predicted octanol–water partition coefficient (Wildman–Crippen LogP) is 0.914. The molecule has 4 heteroatoms. The quantitative estimate of drug-likeness (QED) is 0.658. The van der Waals surface area contributed by atoms with Gasteiger partial charge in [0.05, 0.1) is 0 Å². The first-order valence-corrected chi connectivity index (χ1v) is 4.25. The summed E-state index contributed by atoms with van der Waals surface area (Å²) in [6.07, 6.45) is 3.03.